The van der Waals surface area contributed by atoms with Crippen LogP contribution >= 0.6 is 0 Å². The molecule has 1 aromatic carbocycles. The lowest BCUT2D eigenvalue weighted by molar-refractivity contribution is -0.384. The summed E-state index contributed by atoms with van der Waals surface area (Å²) in [5.74, 6) is 0.120. The summed E-state index contributed by atoms with van der Waals surface area (Å²) < 4.78 is 27.6. The van der Waals surface area contributed by atoms with Crippen LogP contribution in [-0.2, 0) is 10.0 Å². The highest BCUT2D eigenvalue weighted by Crippen LogP contribution is 2.28. The summed E-state index contributed by atoms with van der Waals surface area (Å²) >= 11 is 0. The molecular weight excluding hydrogens is 332 g/mol. The number of rotatable bonds is 4. The average Bonchev–Trinajstić information content (AvgIpc) is 2.44. The molecule has 2 N–H and O–H groups in total. The number of non-ortho nitro benzene ring substituents is 1. The molecule has 0 unspecified atom stereocenters. The monoisotopic (exact) mass is 346 g/mol. The van der Waals surface area contributed by atoms with Crippen molar-refractivity contribution in [1.82, 2.24) is 9.62 Å². The zero-order valence-corrected chi connectivity index (χ0v) is 13.2. The van der Waals surface area contributed by atoms with Gasteiger partial charge in [0.05, 0.1) is 24.0 Å². The van der Waals surface area contributed by atoms with Crippen LogP contribution in [-0.4, -0.2) is 50.1 Å². The van der Waals surface area contributed by atoms with Crippen LogP contribution in [0.1, 0.15) is 0 Å². The number of nitrogens with zero attached hydrogens (tertiary/aromatic N) is 2. The number of hydrogen-bond donors (Lipinski definition) is 2. The van der Waals surface area contributed by atoms with E-state index in [1.807, 2.05) is 0 Å². The number of carbonyl (C=O) groups excluding carboxylic acids is 2. The van der Waals surface area contributed by atoms with E-state index in [9.17, 15) is 28.1 Å². The number of carbonyl (C=O) groups is 2. The number of nitro benzene ring substituents is 1. The van der Waals surface area contributed by atoms with Crippen LogP contribution in [0, 0.1) is 10.1 Å². The second kappa shape index (κ2) is 6.91. The summed E-state index contributed by atoms with van der Waals surface area (Å²) in [4.78, 5) is 33.3. The van der Waals surface area contributed by atoms with Gasteiger partial charge >= 0.3 is 12.1 Å². The molecule has 0 heterocycles. The predicted octanol–water partition coefficient (Wildman–Crippen LogP) is 0.736. The fraction of sp³-hybridized carbons (Fsp3) is 0.273. The fourth-order valence-corrected chi connectivity index (χ4v) is 1.73. The van der Waals surface area contributed by atoms with E-state index in [1.165, 1.54) is 19.2 Å². The molecule has 0 saturated carbocycles. The lowest BCUT2D eigenvalue weighted by Gasteiger charge is -2.15. The van der Waals surface area contributed by atoms with Crippen molar-refractivity contribution in [2.45, 2.75) is 0 Å². The van der Waals surface area contributed by atoms with Crippen molar-refractivity contribution in [1.29, 1.82) is 0 Å². The highest BCUT2D eigenvalue weighted by molar-refractivity contribution is 7.88. The number of amides is 4. The molecule has 1 rings (SSSR count). The maximum atomic E-state index is 11.7. The molecule has 4 amide bonds. The van der Waals surface area contributed by atoms with Crippen LogP contribution in [0.15, 0.2) is 18.2 Å². The smallest absolute Gasteiger partial charge is 0.338 e. The van der Waals surface area contributed by atoms with E-state index < -0.39 is 27.0 Å². The van der Waals surface area contributed by atoms with Crippen LogP contribution in [0.5, 0.6) is 5.75 Å². The van der Waals surface area contributed by atoms with Crippen molar-refractivity contribution < 1.29 is 27.7 Å². The number of sulfonamides is 1. The molecular formula is C11H14N4O7S. The van der Waals surface area contributed by atoms with Gasteiger partial charge in [0.25, 0.3) is 5.69 Å². The van der Waals surface area contributed by atoms with Gasteiger partial charge in [0.15, 0.2) is 0 Å². The van der Waals surface area contributed by atoms with Crippen molar-refractivity contribution in [2.24, 2.45) is 0 Å². The standard InChI is InChI=1S/C11H14N4O7S/c1-14(23(3,20)21)11(17)13-10(16)12-8-6-7(15(18)19)4-5-9(8)22-2/h4-6H,1-3H3,(H2,12,13,16,17). The molecule has 0 aliphatic carbocycles. The summed E-state index contributed by atoms with van der Waals surface area (Å²) in [7, 11) is -1.58. The summed E-state index contributed by atoms with van der Waals surface area (Å²) in [5.41, 5.74) is -0.366. The average molecular weight is 346 g/mol. The van der Waals surface area contributed by atoms with Crippen LogP contribution in [0.4, 0.5) is 21.0 Å². The molecule has 126 valence electrons. The van der Waals surface area contributed by atoms with Gasteiger partial charge in [-0.2, -0.15) is 0 Å². The highest BCUT2D eigenvalue weighted by atomic mass is 32.2. The second-order valence-electron chi connectivity index (χ2n) is 4.26. The van der Waals surface area contributed by atoms with Crippen LogP contribution < -0.4 is 15.4 Å². The van der Waals surface area contributed by atoms with Gasteiger partial charge in [-0.15, -0.1) is 0 Å². The molecule has 0 aliphatic rings. The van der Waals surface area contributed by atoms with Crippen LogP contribution in [0.2, 0.25) is 0 Å². The Morgan fingerprint density at radius 3 is 2.43 bits per heavy atom. The number of benzene rings is 1. The predicted molar refractivity (Wildman–Crippen MR) is 79.8 cm³/mol. The molecule has 0 aliphatic heterocycles. The van der Waals surface area contributed by atoms with Crippen molar-refractivity contribution in [3.63, 3.8) is 0 Å². The van der Waals surface area contributed by atoms with Crippen molar-refractivity contribution in [3.8, 4) is 5.75 Å². The molecule has 0 radical (unpaired) electrons. The van der Waals surface area contributed by atoms with E-state index in [4.69, 9.17) is 4.74 Å². The maximum absolute atomic E-state index is 11.7. The minimum atomic E-state index is -3.82. The number of anilines is 1. The Morgan fingerprint density at radius 2 is 1.96 bits per heavy atom. The number of nitro groups is 1. The first-order valence-corrected chi connectivity index (χ1v) is 7.79. The topological polar surface area (TPSA) is 148 Å². The molecule has 0 bridgehead atoms. The van der Waals surface area contributed by atoms with Crippen molar-refractivity contribution in [2.75, 3.05) is 25.7 Å². The summed E-state index contributed by atoms with van der Waals surface area (Å²) in [6, 6.07) is 1.20. The van der Waals surface area contributed by atoms with Crippen LogP contribution in [0.25, 0.3) is 0 Å². The number of ether oxygens (including phenoxy) is 1. The lowest BCUT2D eigenvalue weighted by Crippen LogP contribution is -2.44. The Balaban J connectivity index is 2.91. The first kappa shape index (κ1) is 18.2. The molecule has 0 saturated heterocycles. The summed E-state index contributed by atoms with van der Waals surface area (Å²) in [6.45, 7) is 0. The second-order valence-corrected chi connectivity index (χ2v) is 6.27. The normalized spacial score (nSPS) is 10.6. The summed E-state index contributed by atoms with van der Waals surface area (Å²) in [5, 5.41) is 14.7. The van der Waals surface area contributed by atoms with E-state index in [-0.39, 0.29) is 17.1 Å². The molecule has 11 nitrogen and oxygen atoms in total. The molecule has 0 atom stereocenters. The van der Waals surface area contributed by atoms with Gasteiger partial charge in [0, 0.05) is 19.2 Å². The number of imide groups is 1. The quantitative estimate of drug-likeness (QED) is 0.603. The van der Waals surface area contributed by atoms with Crippen molar-refractivity contribution >= 4 is 33.5 Å². The Bertz CT molecular complexity index is 747. The van der Waals surface area contributed by atoms with E-state index in [2.05, 4.69) is 5.32 Å². The maximum Gasteiger partial charge on any atom is 0.338 e. The SMILES string of the molecule is COc1ccc([N+](=O)[O-])cc1NC(=O)NC(=O)N(C)S(C)(=O)=O. The third-order valence-electron chi connectivity index (χ3n) is 2.65. The Kier molecular flexibility index (Phi) is 5.46. The van der Waals surface area contributed by atoms with Gasteiger partial charge in [-0.05, 0) is 6.07 Å². The molecule has 0 spiro atoms. The van der Waals surface area contributed by atoms with Gasteiger partial charge in [-0.1, -0.05) is 0 Å². The largest absolute Gasteiger partial charge is 0.495 e. The lowest BCUT2D eigenvalue weighted by atomic mass is 10.2. The van der Waals surface area contributed by atoms with Gasteiger partial charge in [0.1, 0.15) is 5.75 Å². The summed E-state index contributed by atoms with van der Waals surface area (Å²) in [6.07, 6.45) is 0.786. The fourth-order valence-electron chi connectivity index (χ4n) is 1.39. The van der Waals surface area contributed by atoms with Crippen molar-refractivity contribution in [3.05, 3.63) is 28.3 Å². The van der Waals surface area contributed by atoms with Gasteiger partial charge in [-0.25, -0.2) is 22.3 Å². The third kappa shape index (κ3) is 4.81. The van der Waals surface area contributed by atoms with E-state index in [0.29, 0.717) is 4.31 Å². The third-order valence-corrected chi connectivity index (χ3v) is 3.81. The number of methoxy groups -OCH3 is 1. The van der Waals surface area contributed by atoms with Gasteiger partial charge < -0.3 is 10.1 Å². The van der Waals surface area contributed by atoms with E-state index in [0.717, 1.165) is 19.4 Å². The zero-order valence-electron chi connectivity index (χ0n) is 12.4. The Morgan fingerprint density at radius 1 is 1.35 bits per heavy atom. The Hall–Kier alpha value is -2.89. The van der Waals surface area contributed by atoms with Gasteiger partial charge in [-0.3, -0.25) is 15.4 Å². The van der Waals surface area contributed by atoms with Gasteiger partial charge in [0.2, 0.25) is 10.0 Å². The number of nitrogens with one attached hydrogen (secondary N) is 2. The first-order chi connectivity index (χ1) is 10.6. The minimum Gasteiger partial charge on any atom is -0.495 e. The minimum absolute atomic E-state index is 0.0611. The zero-order chi connectivity index (χ0) is 17.8. The first-order valence-electron chi connectivity index (χ1n) is 5.94. The molecule has 12 heteroatoms. The molecule has 0 fully saturated rings. The van der Waals surface area contributed by atoms with E-state index in [1.54, 1.807) is 5.32 Å². The molecule has 23 heavy (non-hydrogen) atoms. The highest BCUT2D eigenvalue weighted by Gasteiger charge is 2.21. The van der Waals surface area contributed by atoms with Crippen LogP contribution in [0.3, 0.4) is 0 Å². The Labute approximate surface area is 131 Å². The molecule has 1 aromatic rings. The number of hydrogen-bond acceptors (Lipinski definition) is 7. The van der Waals surface area contributed by atoms with E-state index >= 15 is 0 Å². The number of urea groups is 2. The molecule has 0 aromatic heterocycles.